The van der Waals surface area contributed by atoms with Crippen molar-refractivity contribution in [2.75, 3.05) is 5.43 Å². The van der Waals surface area contributed by atoms with Crippen molar-refractivity contribution in [2.24, 2.45) is 12.9 Å². The molecule has 8 heteroatoms. The lowest BCUT2D eigenvalue weighted by Gasteiger charge is -2.05. The molecule has 0 radical (unpaired) electrons. The van der Waals surface area contributed by atoms with Crippen molar-refractivity contribution in [1.29, 1.82) is 0 Å². The van der Waals surface area contributed by atoms with Gasteiger partial charge in [0.1, 0.15) is 0 Å². The van der Waals surface area contributed by atoms with Crippen molar-refractivity contribution in [2.45, 2.75) is 6.54 Å². The summed E-state index contributed by atoms with van der Waals surface area (Å²) in [5.74, 6) is 5.59. The van der Waals surface area contributed by atoms with E-state index in [1.54, 1.807) is 0 Å². The van der Waals surface area contributed by atoms with Gasteiger partial charge in [-0.25, -0.2) is 10.8 Å². The molecule has 2 aromatic heterocycles. The number of aryl methyl sites for hydroxylation is 1. The van der Waals surface area contributed by atoms with Gasteiger partial charge in [0.15, 0.2) is 5.82 Å². The molecule has 0 aliphatic carbocycles. The van der Waals surface area contributed by atoms with E-state index in [0.29, 0.717) is 11.5 Å². The van der Waals surface area contributed by atoms with Gasteiger partial charge in [-0.1, -0.05) is 0 Å². The number of hydrazine groups is 1. The predicted molar refractivity (Wildman–Crippen MR) is 64.9 cm³/mol. The van der Waals surface area contributed by atoms with Crippen LogP contribution in [0, 0.1) is 0 Å². The first-order valence-electron chi connectivity index (χ1n) is 5.15. The fourth-order valence-electron chi connectivity index (χ4n) is 1.40. The van der Waals surface area contributed by atoms with E-state index >= 15 is 0 Å². The minimum absolute atomic E-state index is 0.187. The molecule has 0 bridgehead atoms. The summed E-state index contributed by atoms with van der Waals surface area (Å²) in [6.07, 6.45) is 5.98. The van der Waals surface area contributed by atoms with Crippen molar-refractivity contribution >= 4 is 5.82 Å². The second-order valence-corrected chi connectivity index (χ2v) is 3.68. The Morgan fingerprint density at radius 3 is 2.61 bits per heavy atom. The Labute approximate surface area is 102 Å². The molecule has 2 heterocycles. The molecule has 94 valence electrons. The number of anilines is 1. The summed E-state index contributed by atoms with van der Waals surface area (Å²) in [4.78, 5) is 31.1. The van der Waals surface area contributed by atoms with Gasteiger partial charge >= 0.3 is 11.1 Å². The Hall–Kier alpha value is -2.48. The van der Waals surface area contributed by atoms with Gasteiger partial charge in [-0.3, -0.25) is 14.6 Å². The van der Waals surface area contributed by atoms with Crippen molar-refractivity contribution < 1.29 is 0 Å². The molecule has 2 rings (SSSR count). The molecule has 3 N–H and O–H groups in total. The third-order valence-corrected chi connectivity index (χ3v) is 2.42. The number of rotatable bonds is 3. The molecule has 0 spiro atoms. The van der Waals surface area contributed by atoms with Crippen LogP contribution in [0.1, 0.15) is 5.69 Å². The van der Waals surface area contributed by atoms with Crippen LogP contribution in [0.15, 0.2) is 34.4 Å². The van der Waals surface area contributed by atoms with Crippen LogP contribution in [0.3, 0.4) is 0 Å². The number of nitrogens with two attached hydrogens (primary N) is 1. The normalized spacial score (nSPS) is 10.3. The third kappa shape index (κ3) is 2.28. The third-order valence-electron chi connectivity index (χ3n) is 2.42. The zero-order chi connectivity index (χ0) is 13.1. The highest BCUT2D eigenvalue weighted by Crippen LogP contribution is 1.99. The van der Waals surface area contributed by atoms with Gasteiger partial charge < -0.3 is 14.6 Å². The average Bonchev–Trinajstić information content (AvgIpc) is 2.40. The van der Waals surface area contributed by atoms with Gasteiger partial charge in [0.05, 0.1) is 24.6 Å². The smallest absolute Gasteiger partial charge is 0.312 e. The van der Waals surface area contributed by atoms with Crippen LogP contribution < -0.4 is 22.4 Å². The van der Waals surface area contributed by atoms with E-state index in [1.165, 1.54) is 41.0 Å². The Balaban J connectivity index is 2.31. The summed E-state index contributed by atoms with van der Waals surface area (Å²) in [7, 11) is 1.52. The predicted octanol–water partition coefficient (Wildman–Crippen LogP) is -1.33. The number of nitrogen functional groups attached to an aromatic ring is 1. The number of hydrogen-bond acceptors (Lipinski definition) is 6. The Morgan fingerprint density at radius 1 is 1.22 bits per heavy atom. The Kier molecular flexibility index (Phi) is 3.20. The SMILES string of the molecule is Cn1ccn(Cc2cnc(NN)cn2)c(=O)c1=O. The topological polar surface area (TPSA) is 108 Å². The largest absolute Gasteiger partial charge is 0.316 e. The molecule has 2 aromatic rings. The van der Waals surface area contributed by atoms with Gasteiger partial charge in [0.2, 0.25) is 0 Å². The summed E-state index contributed by atoms with van der Waals surface area (Å²) in [6.45, 7) is 0.187. The zero-order valence-electron chi connectivity index (χ0n) is 9.70. The van der Waals surface area contributed by atoms with Gasteiger partial charge in [0.25, 0.3) is 0 Å². The number of hydrogen-bond donors (Lipinski definition) is 2. The molecule has 0 amide bonds. The number of nitrogens with one attached hydrogen (secondary N) is 1. The number of aromatic nitrogens is 4. The van der Waals surface area contributed by atoms with Crippen LogP contribution in [0.2, 0.25) is 0 Å². The summed E-state index contributed by atoms with van der Waals surface area (Å²) in [5, 5.41) is 0. The van der Waals surface area contributed by atoms with Gasteiger partial charge in [-0.05, 0) is 0 Å². The molecule has 8 nitrogen and oxygen atoms in total. The molecule has 0 aliphatic heterocycles. The van der Waals surface area contributed by atoms with Crippen molar-refractivity contribution in [1.82, 2.24) is 19.1 Å². The van der Waals surface area contributed by atoms with Crippen LogP contribution in [0.5, 0.6) is 0 Å². The van der Waals surface area contributed by atoms with Crippen molar-refractivity contribution in [3.63, 3.8) is 0 Å². The second-order valence-electron chi connectivity index (χ2n) is 3.68. The highest BCUT2D eigenvalue weighted by Gasteiger charge is 2.04. The summed E-state index contributed by atoms with van der Waals surface area (Å²) in [5.41, 5.74) is 1.74. The van der Waals surface area contributed by atoms with E-state index in [9.17, 15) is 9.59 Å². The van der Waals surface area contributed by atoms with E-state index in [1.807, 2.05) is 0 Å². The van der Waals surface area contributed by atoms with Crippen LogP contribution in [0.25, 0.3) is 0 Å². The maximum Gasteiger partial charge on any atom is 0.316 e. The van der Waals surface area contributed by atoms with E-state index in [2.05, 4.69) is 15.4 Å². The minimum atomic E-state index is -0.595. The van der Waals surface area contributed by atoms with Gasteiger partial charge in [-0.15, -0.1) is 0 Å². The summed E-state index contributed by atoms with van der Waals surface area (Å²) < 4.78 is 2.51. The molecule has 0 aromatic carbocycles. The first-order chi connectivity index (χ1) is 8.61. The van der Waals surface area contributed by atoms with E-state index in [4.69, 9.17) is 5.84 Å². The lowest BCUT2D eigenvalue weighted by molar-refractivity contribution is 0.682. The summed E-state index contributed by atoms with van der Waals surface area (Å²) >= 11 is 0. The second kappa shape index (κ2) is 4.80. The molecular weight excluding hydrogens is 236 g/mol. The molecule has 18 heavy (non-hydrogen) atoms. The molecule has 0 fully saturated rings. The van der Waals surface area contributed by atoms with Crippen molar-refractivity contribution in [3.05, 3.63) is 51.2 Å². The van der Waals surface area contributed by atoms with E-state index in [-0.39, 0.29) is 6.54 Å². The Bertz CT molecular complexity index is 657. The fraction of sp³-hybridized carbons (Fsp3) is 0.200. The molecule has 0 saturated carbocycles. The quantitative estimate of drug-likeness (QED) is 0.396. The van der Waals surface area contributed by atoms with Crippen molar-refractivity contribution in [3.8, 4) is 0 Å². The van der Waals surface area contributed by atoms with Gasteiger partial charge in [0, 0.05) is 19.4 Å². The minimum Gasteiger partial charge on any atom is -0.312 e. The van der Waals surface area contributed by atoms with E-state index in [0.717, 1.165) is 0 Å². The van der Waals surface area contributed by atoms with Crippen LogP contribution in [-0.2, 0) is 13.6 Å². The summed E-state index contributed by atoms with van der Waals surface area (Å²) in [6, 6.07) is 0. The lowest BCUT2D eigenvalue weighted by Crippen LogP contribution is -2.39. The number of nitrogens with zero attached hydrogens (tertiary/aromatic N) is 4. The molecular formula is C10H12N6O2. The first kappa shape index (κ1) is 12.0. The monoisotopic (exact) mass is 248 g/mol. The highest BCUT2D eigenvalue weighted by molar-refractivity contribution is 5.28. The Morgan fingerprint density at radius 2 is 2.00 bits per heavy atom. The molecule has 0 aliphatic rings. The zero-order valence-corrected chi connectivity index (χ0v) is 9.70. The highest BCUT2D eigenvalue weighted by atomic mass is 16.2. The van der Waals surface area contributed by atoms with Crippen LogP contribution >= 0.6 is 0 Å². The standard InChI is InChI=1S/C10H12N6O2/c1-15-2-3-16(10(18)9(15)17)6-7-4-13-8(14-11)5-12-7/h2-5H,6,11H2,1H3,(H,13,14). The molecule has 0 saturated heterocycles. The van der Waals surface area contributed by atoms with E-state index < -0.39 is 11.1 Å². The molecule has 0 unspecified atom stereocenters. The molecule has 0 atom stereocenters. The fourth-order valence-corrected chi connectivity index (χ4v) is 1.40. The van der Waals surface area contributed by atoms with Crippen LogP contribution in [0.4, 0.5) is 5.82 Å². The first-order valence-corrected chi connectivity index (χ1v) is 5.15. The van der Waals surface area contributed by atoms with Gasteiger partial charge in [-0.2, -0.15) is 0 Å². The lowest BCUT2D eigenvalue weighted by atomic mass is 10.4. The van der Waals surface area contributed by atoms with Crippen LogP contribution in [-0.4, -0.2) is 19.1 Å². The maximum atomic E-state index is 11.7. The maximum absolute atomic E-state index is 11.7. The average molecular weight is 248 g/mol.